The summed E-state index contributed by atoms with van der Waals surface area (Å²) in [5, 5.41) is 8.63. The summed E-state index contributed by atoms with van der Waals surface area (Å²) in [4.78, 5) is 6.66. The van der Waals surface area contributed by atoms with Crippen LogP contribution in [0.2, 0.25) is 0 Å². The number of rotatable bonds is 5. The average molecular weight is 395 g/mol. The fourth-order valence-electron chi connectivity index (χ4n) is 4.12. The molecule has 0 aliphatic carbocycles. The lowest BCUT2D eigenvalue weighted by molar-refractivity contribution is -0.00495. The number of benzene rings is 1. The van der Waals surface area contributed by atoms with Crippen LogP contribution in [-0.4, -0.2) is 50.7 Å². The SMILES string of the molecule is CCOc1ccc(CN2C[C@@H]3OCc4c(-c5ccccc5F)nnn4[C@H]3C2)cn1. The van der Waals surface area contributed by atoms with Crippen LogP contribution in [0, 0.1) is 5.82 Å². The van der Waals surface area contributed by atoms with Crippen molar-refractivity contribution in [1.29, 1.82) is 0 Å². The van der Waals surface area contributed by atoms with Crippen LogP contribution in [0.5, 0.6) is 5.88 Å². The van der Waals surface area contributed by atoms with Crippen molar-refractivity contribution in [3.8, 4) is 17.1 Å². The first kappa shape index (κ1) is 18.2. The van der Waals surface area contributed by atoms with E-state index in [0.717, 1.165) is 30.9 Å². The zero-order chi connectivity index (χ0) is 19.8. The van der Waals surface area contributed by atoms with E-state index in [1.54, 1.807) is 18.2 Å². The van der Waals surface area contributed by atoms with Crippen LogP contribution in [0.4, 0.5) is 4.39 Å². The van der Waals surface area contributed by atoms with Crippen LogP contribution >= 0.6 is 0 Å². The molecule has 0 radical (unpaired) electrons. The highest BCUT2D eigenvalue weighted by Crippen LogP contribution is 2.35. The van der Waals surface area contributed by atoms with Gasteiger partial charge in [-0.25, -0.2) is 14.1 Å². The zero-order valence-corrected chi connectivity index (χ0v) is 16.2. The molecule has 5 rings (SSSR count). The van der Waals surface area contributed by atoms with Crippen LogP contribution in [0.25, 0.3) is 11.3 Å². The van der Waals surface area contributed by atoms with Crippen molar-refractivity contribution >= 4 is 0 Å². The second kappa shape index (κ2) is 7.53. The van der Waals surface area contributed by atoms with Gasteiger partial charge in [0, 0.05) is 37.5 Å². The van der Waals surface area contributed by atoms with Gasteiger partial charge in [0.2, 0.25) is 5.88 Å². The Bertz CT molecular complexity index is 1010. The number of nitrogens with zero attached hydrogens (tertiary/aromatic N) is 5. The quantitative estimate of drug-likeness (QED) is 0.662. The summed E-state index contributed by atoms with van der Waals surface area (Å²) in [5.41, 5.74) is 2.99. The van der Waals surface area contributed by atoms with E-state index in [-0.39, 0.29) is 18.0 Å². The highest BCUT2D eigenvalue weighted by molar-refractivity contribution is 5.62. The molecule has 0 N–H and O–H groups in total. The van der Waals surface area contributed by atoms with Crippen LogP contribution in [0.1, 0.15) is 24.2 Å². The van der Waals surface area contributed by atoms with Crippen molar-refractivity contribution in [2.75, 3.05) is 19.7 Å². The Kier molecular flexibility index (Phi) is 4.73. The third-order valence-electron chi connectivity index (χ3n) is 5.48. The van der Waals surface area contributed by atoms with Gasteiger partial charge in [-0.3, -0.25) is 4.90 Å². The standard InChI is InChI=1S/C21H22FN5O2/c1-2-28-20-8-7-14(9-23-20)10-26-11-17-19(12-26)29-13-18-21(24-25-27(17)18)15-5-3-4-6-16(15)22/h3-9,17,19H,2,10-13H2,1H3/t17-,19-/m0/s1. The molecule has 1 fully saturated rings. The number of hydrogen-bond acceptors (Lipinski definition) is 6. The predicted molar refractivity (Wildman–Crippen MR) is 104 cm³/mol. The lowest BCUT2D eigenvalue weighted by Gasteiger charge is -2.26. The Morgan fingerprint density at radius 3 is 2.90 bits per heavy atom. The molecule has 2 aromatic heterocycles. The molecular weight excluding hydrogens is 373 g/mol. The number of hydrogen-bond donors (Lipinski definition) is 0. The Labute approximate surface area is 168 Å². The maximum absolute atomic E-state index is 14.2. The number of aromatic nitrogens is 4. The Morgan fingerprint density at radius 1 is 1.21 bits per heavy atom. The molecule has 0 spiro atoms. The highest BCUT2D eigenvalue weighted by atomic mass is 19.1. The third kappa shape index (κ3) is 3.38. The summed E-state index contributed by atoms with van der Waals surface area (Å²) in [6.45, 7) is 5.32. The fraction of sp³-hybridized carbons (Fsp3) is 0.381. The molecule has 2 aliphatic rings. The molecule has 0 amide bonds. The van der Waals surface area contributed by atoms with Gasteiger partial charge >= 0.3 is 0 Å². The van der Waals surface area contributed by atoms with Crippen LogP contribution in [0.3, 0.4) is 0 Å². The van der Waals surface area contributed by atoms with Crippen molar-refractivity contribution in [2.24, 2.45) is 0 Å². The van der Waals surface area contributed by atoms with Crippen molar-refractivity contribution in [2.45, 2.75) is 32.2 Å². The van der Waals surface area contributed by atoms with Gasteiger partial charge in [0.25, 0.3) is 0 Å². The number of likely N-dealkylation sites (tertiary alicyclic amines) is 1. The number of ether oxygens (including phenoxy) is 2. The van der Waals surface area contributed by atoms with Gasteiger partial charge in [0.15, 0.2) is 0 Å². The number of fused-ring (bicyclic) bond motifs is 3. The molecule has 3 aromatic rings. The molecule has 2 aliphatic heterocycles. The van der Waals surface area contributed by atoms with Crippen LogP contribution in [-0.2, 0) is 17.9 Å². The minimum absolute atomic E-state index is 0.0494. The molecule has 0 bridgehead atoms. The molecular formula is C21H22FN5O2. The zero-order valence-electron chi connectivity index (χ0n) is 16.2. The van der Waals surface area contributed by atoms with Gasteiger partial charge in [-0.2, -0.15) is 0 Å². The summed E-state index contributed by atoms with van der Waals surface area (Å²) in [6, 6.07) is 10.7. The van der Waals surface area contributed by atoms with Crippen LogP contribution in [0.15, 0.2) is 42.6 Å². The highest BCUT2D eigenvalue weighted by Gasteiger charge is 2.40. The maximum atomic E-state index is 14.2. The van der Waals surface area contributed by atoms with Gasteiger partial charge in [-0.15, -0.1) is 5.10 Å². The molecule has 29 heavy (non-hydrogen) atoms. The monoisotopic (exact) mass is 395 g/mol. The first-order valence-corrected chi connectivity index (χ1v) is 9.83. The van der Waals surface area contributed by atoms with E-state index in [0.29, 0.717) is 30.4 Å². The molecule has 0 saturated carbocycles. The maximum Gasteiger partial charge on any atom is 0.213 e. The summed E-state index contributed by atoms with van der Waals surface area (Å²) in [5.74, 6) is 0.344. The van der Waals surface area contributed by atoms with E-state index >= 15 is 0 Å². The first-order chi connectivity index (χ1) is 14.2. The van der Waals surface area contributed by atoms with Gasteiger partial charge in [0.05, 0.1) is 31.1 Å². The molecule has 150 valence electrons. The predicted octanol–water partition coefficient (Wildman–Crippen LogP) is 2.83. The number of pyridine rings is 1. The fourth-order valence-corrected chi connectivity index (χ4v) is 4.12. The summed E-state index contributed by atoms with van der Waals surface area (Å²) in [6.07, 6.45) is 1.90. The second-order valence-corrected chi connectivity index (χ2v) is 7.36. The van der Waals surface area contributed by atoms with Gasteiger partial charge < -0.3 is 9.47 Å². The van der Waals surface area contributed by atoms with Crippen molar-refractivity contribution < 1.29 is 13.9 Å². The molecule has 1 aromatic carbocycles. The largest absolute Gasteiger partial charge is 0.478 e. The van der Waals surface area contributed by atoms with E-state index in [4.69, 9.17) is 9.47 Å². The lowest BCUT2D eigenvalue weighted by Crippen LogP contribution is -2.32. The molecule has 7 nitrogen and oxygen atoms in total. The summed E-state index contributed by atoms with van der Waals surface area (Å²) < 4.78 is 27.7. The molecule has 0 unspecified atom stereocenters. The minimum atomic E-state index is -0.297. The molecule has 8 heteroatoms. The Hall–Kier alpha value is -2.84. The van der Waals surface area contributed by atoms with E-state index in [1.807, 2.05) is 29.9 Å². The van der Waals surface area contributed by atoms with Gasteiger partial charge in [-0.05, 0) is 24.6 Å². The second-order valence-electron chi connectivity index (χ2n) is 7.36. The van der Waals surface area contributed by atoms with E-state index < -0.39 is 0 Å². The Morgan fingerprint density at radius 2 is 2.10 bits per heavy atom. The van der Waals surface area contributed by atoms with Crippen molar-refractivity contribution in [3.63, 3.8) is 0 Å². The van der Waals surface area contributed by atoms with Gasteiger partial charge in [0.1, 0.15) is 11.5 Å². The third-order valence-corrected chi connectivity index (χ3v) is 5.48. The molecule has 1 saturated heterocycles. The smallest absolute Gasteiger partial charge is 0.213 e. The molecule has 2 atom stereocenters. The lowest BCUT2D eigenvalue weighted by atomic mass is 10.1. The van der Waals surface area contributed by atoms with E-state index in [9.17, 15) is 4.39 Å². The van der Waals surface area contributed by atoms with Gasteiger partial charge in [-0.1, -0.05) is 23.4 Å². The first-order valence-electron chi connectivity index (χ1n) is 9.83. The van der Waals surface area contributed by atoms with Crippen LogP contribution < -0.4 is 4.74 Å². The van der Waals surface area contributed by atoms with E-state index in [2.05, 4.69) is 20.2 Å². The Balaban J connectivity index is 1.33. The molecule has 4 heterocycles. The topological polar surface area (TPSA) is 65.3 Å². The summed E-state index contributed by atoms with van der Waals surface area (Å²) >= 11 is 0. The minimum Gasteiger partial charge on any atom is -0.478 e. The number of halogens is 1. The summed E-state index contributed by atoms with van der Waals surface area (Å²) in [7, 11) is 0. The normalized spacial score (nSPS) is 21.0. The van der Waals surface area contributed by atoms with E-state index in [1.165, 1.54) is 6.07 Å². The van der Waals surface area contributed by atoms with Crippen molar-refractivity contribution in [3.05, 3.63) is 59.7 Å². The van der Waals surface area contributed by atoms with Crippen molar-refractivity contribution in [1.82, 2.24) is 24.9 Å². The average Bonchev–Trinajstić information content (AvgIpc) is 3.33.